The van der Waals surface area contributed by atoms with Gasteiger partial charge in [-0.05, 0) is 31.7 Å². The van der Waals surface area contributed by atoms with Crippen molar-refractivity contribution >= 4 is 17.8 Å². The molecule has 2 rings (SSSR count). The summed E-state index contributed by atoms with van der Waals surface area (Å²) in [5.74, 6) is -1.63. The van der Waals surface area contributed by atoms with Crippen LogP contribution in [-0.4, -0.2) is 53.3 Å². The molecule has 1 unspecified atom stereocenters. The van der Waals surface area contributed by atoms with Crippen molar-refractivity contribution in [3.63, 3.8) is 0 Å². The fraction of sp³-hybridized carbons (Fsp3) is 0.800. The van der Waals surface area contributed by atoms with Crippen LogP contribution in [0.3, 0.4) is 0 Å². The van der Waals surface area contributed by atoms with E-state index in [0.717, 1.165) is 38.9 Å². The van der Waals surface area contributed by atoms with Gasteiger partial charge in [-0.1, -0.05) is 20.8 Å². The molecular formula is C15H25N3O3. The number of rotatable bonds is 4. The molecule has 2 aliphatic heterocycles. The van der Waals surface area contributed by atoms with Gasteiger partial charge in [-0.25, -0.2) is 4.79 Å². The predicted molar refractivity (Wildman–Crippen MR) is 78.5 cm³/mol. The minimum absolute atomic E-state index is 0.0834. The number of carbonyl (C=O) groups excluding carboxylic acids is 3. The smallest absolute Gasteiger partial charge is 0.303 e. The van der Waals surface area contributed by atoms with Crippen molar-refractivity contribution < 1.29 is 14.4 Å². The first-order valence-electron chi connectivity index (χ1n) is 7.86. The van der Waals surface area contributed by atoms with Crippen LogP contribution in [0.4, 0.5) is 4.79 Å². The summed E-state index contributed by atoms with van der Waals surface area (Å²) >= 11 is 0. The Kier molecular flexibility index (Phi) is 4.98. The van der Waals surface area contributed by atoms with E-state index in [-0.39, 0.29) is 17.9 Å². The second kappa shape index (κ2) is 6.56. The van der Waals surface area contributed by atoms with Gasteiger partial charge in [0.25, 0.3) is 0 Å². The molecule has 1 N–H and O–H groups in total. The molecular weight excluding hydrogens is 270 g/mol. The Morgan fingerprint density at radius 1 is 1.19 bits per heavy atom. The van der Waals surface area contributed by atoms with Gasteiger partial charge in [-0.2, -0.15) is 0 Å². The van der Waals surface area contributed by atoms with Crippen molar-refractivity contribution in [2.24, 2.45) is 11.8 Å². The molecule has 0 aliphatic carbocycles. The number of amides is 4. The zero-order valence-electron chi connectivity index (χ0n) is 13.1. The molecule has 21 heavy (non-hydrogen) atoms. The lowest BCUT2D eigenvalue weighted by Gasteiger charge is -2.40. The molecule has 0 saturated carbocycles. The molecule has 2 saturated heterocycles. The highest BCUT2D eigenvalue weighted by atomic mass is 16.2. The summed E-state index contributed by atoms with van der Waals surface area (Å²) in [5, 5.41) is 2.34. The van der Waals surface area contributed by atoms with Crippen molar-refractivity contribution in [1.29, 1.82) is 0 Å². The number of imide groups is 2. The van der Waals surface area contributed by atoms with Gasteiger partial charge < -0.3 is 4.90 Å². The second-order valence-corrected chi connectivity index (χ2v) is 6.30. The van der Waals surface area contributed by atoms with E-state index >= 15 is 0 Å². The van der Waals surface area contributed by atoms with Gasteiger partial charge in [0.1, 0.15) is 5.92 Å². The quantitative estimate of drug-likeness (QED) is 0.792. The number of nitrogens with zero attached hydrogens (tertiary/aromatic N) is 2. The number of nitrogens with one attached hydrogen (secondary N) is 1. The number of barbiturate groups is 1. The summed E-state index contributed by atoms with van der Waals surface area (Å²) in [6, 6.07) is -0.629. The highest BCUT2D eigenvalue weighted by molar-refractivity contribution is 6.16. The summed E-state index contributed by atoms with van der Waals surface area (Å²) in [7, 11) is 0. The van der Waals surface area contributed by atoms with Crippen LogP contribution >= 0.6 is 0 Å². The molecule has 0 aromatic carbocycles. The van der Waals surface area contributed by atoms with Crippen LogP contribution in [0.1, 0.15) is 40.0 Å². The van der Waals surface area contributed by atoms with E-state index < -0.39 is 17.9 Å². The van der Waals surface area contributed by atoms with Gasteiger partial charge in [-0.15, -0.1) is 0 Å². The highest BCUT2D eigenvalue weighted by Gasteiger charge is 2.45. The first kappa shape index (κ1) is 15.9. The van der Waals surface area contributed by atoms with Crippen molar-refractivity contribution in [2.45, 2.75) is 46.1 Å². The first-order chi connectivity index (χ1) is 9.95. The standard InChI is InChI=1S/C15H25N3O3/c1-4-7-17-8-5-11(6-9-17)18-14(20)12(10(2)3)13(19)16-15(18)21/h10-12H,4-9H2,1-3H3,(H,16,19,21). The Balaban J connectivity index is 2.06. The van der Waals surface area contributed by atoms with Crippen LogP contribution in [0, 0.1) is 11.8 Å². The van der Waals surface area contributed by atoms with Gasteiger partial charge in [0.15, 0.2) is 0 Å². The molecule has 0 bridgehead atoms. The zero-order valence-corrected chi connectivity index (χ0v) is 13.1. The highest BCUT2D eigenvalue weighted by Crippen LogP contribution is 2.25. The topological polar surface area (TPSA) is 69.7 Å². The van der Waals surface area contributed by atoms with E-state index in [1.54, 1.807) is 0 Å². The third kappa shape index (κ3) is 3.26. The second-order valence-electron chi connectivity index (χ2n) is 6.30. The molecule has 2 aliphatic rings. The molecule has 0 aromatic rings. The van der Waals surface area contributed by atoms with Gasteiger partial charge in [0, 0.05) is 19.1 Å². The zero-order chi connectivity index (χ0) is 15.6. The minimum atomic E-state index is -0.739. The van der Waals surface area contributed by atoms with Crippen LogP contribution in [0.5, 0.6) is 0 Å². The normalized spacial score (nSPS) is 25.6. The number of hydrogen-bond donors (Lipinski definition) is 1. The number of urea groups is 1. The van der Waals surface area contributed by atoms with Crippen LogP contribution in [0.15, 0.2) is 0 Å². The molecule has 2 heterocycles. The Hall–Kier alpha value is -1.43. The molecule has 6 nitrogen and oxygen atoms in total. The largest absolute Gasteiger partial charge is 0.331 e. The number of likely N-dealkylation sites (tertiary alicyclic amines) is 1. The van der Waals surface area contributed by atoms with E-state index in [1.165, 1.54) is 4.90 Å². The molecule has 0 spiro atoms. The predicted octanol–water partition coefficient (Wildman–Crippen LogP) is 1.21. The van der Waals surface area contributed by atoms with Gasteiger partial charge in [0.2, 0.25) is 11.8 Å². The minimum Gasteiger partial charge on any atom is -0.303 e. The van der Waals surface area contributed by atoms with Crippen LogP contribution in [0.25, 0.3) is 0 Å². The van der Waals surface area contributed by atoms with Crippen molar-refractivity contribution in [3.05, 3.63) is 0 Å². The molecule has 1 atom stereocenters. The lowest BCUT2D eigenvalue weighted by molar-refractivity contribution is -0.146. The van der Waals surface area contributed by atoms with Gasteiger partial charge in [0.05, 0.1) is 0 Å². The molecule has 118 valence electrons. The maximum absolute atomic E-state index is 12.5. The monoisotopic (exact) mass is 295 g/mol. The van der Waals surface area contributed by atoms with E-state index in [2.05, 4.69) is 17.1 Å². The van der Waals surface area contributed by atoms with E-state index in [1.807, 2.05) is 13.8 Å². The Labute approximate surface area is 125 Å². The summed E-state index contributed by atoms with van der Waals surface area (Å²) in [4.78, 5) is 40.1. The molecule has 0 radical (unpaired) electrons. The van der Waals surface area contributed by atoms with Gasteiger partial charge in [-0.3, -0.25) is 19.8 Å². The van der Waals surface area contributed by atoms with Crippen molar-refractivity contribution in [1.82, 2.24) is 15.1 Å². The Morgan fingerprint density at radius 2 is 1.81 bits per heavy atom. The first-order valence-corrected chi connectivity index (χ1v) is 7.86. The lowest BCUT2D eigenvalue weighted by Crippen LogP contribution is -2.63. The van der Waals surface area contributed by atoms with Crippen molar-refractivity contribution in [3.8, 4) is 0 Å². The van der Waals surface area contributed by atoms with Crippen LogP contribution in [-0.2, 0) is 9.59 Å². The fourth-order valence-corrected chi connectivity index (χ4v) is 3.26. The maximum atomic E-state index is 12.5. The summed E-state index contributed by atoms with van der Waals surface area (Å²) in [6.07, 6.45) is 2.69. The summed E-state index contributed by atoms with van der Waals surface area (Å²) in [5.41, 5.74) is 0. The maximum Gasteiger partial charge on any atom is 0.331 e. The third-order valence-corrected chi connectivity index (χ3v) is 4.36. The molecule has 6 heteroatoms. The number of piperidine rings is 1. The number of carbonyl (C=O) groups is 3. The molecule has 4 amide bonds. The molecule has 2 fully saturated rings. The lowest BCUT2D eigenvalue weighted by atomic mass is 9.90. The van der Waals surface area contributed by atoms with Gasteiger partial charge >= 0.3 is 6.03 Å². The Bertz CT molecular complexity index is 428. The summed E-state index contributed by atoms with van der Waals surface area (Å²) in [6.45, 7) is 8.66. The van der Waals surface area contributed by atoms with Crippen LogP contribution in [0.2, 0.25) is 0 Å². The SMILES string of the molecule is CCCN1CCC(N2C(=O)NC(=O)C(C(C)C)C2=O)CC1. The fourth-order valence-electron chi connectivity index (χ4n) is 3.26. The van der Waals surface area contributed by atoms with E-state index in [4.69, 9.17) is 0 Å². The average Bonchev–Trinajstić information content (AvgIpc) is 2.40. The van der Waals surface area contributed by atoms with E-state index in [0.29, 0.717) is 0 Å². The van der Waals surface area contributed by atoms with E-state index in [9.17, 15) is 14.4 Å². The number of hydrogen-bond acceptors (Lipinski definition) is 4. The molecule has 0 aromatic heterocycles. The third-order valence-electron chi connectivity index (χ3n) is 4.36. The average molecular weight is 295 g/mol. The van der Waals surface area contributed by atoms with Crippen molar-refractivity contribution in [2.75, 3.05) is 19.6 Å². The summed E-state index contributed by atoms with van der Waals surface area (Å²) < 4.78 is 0. The Morgan fingerprint density at radius 3 is 2.33 bits per heavy atom. The van der Waals surface area contributed by atoms with Crippen LogP contribution < -0.4 is 5.32 Å².